The van der Waals surface area contributed by atoms with Gasteiger partial charge in [0.15, 0.2) is 0 Å². The Balaban J connectivity index is 1.79. The van der Waals surface area contributed by atoms with Crippen LogP contribution in [0.5, 0.6) is 5.75 Å². The number of nitrogens with zero attached hydrogens (tertiary/aromatic N) is 3. The number of morpholine rings is 1. The van der Waals surface area contributed by atoms with Crippen molar-refractivity contribution in [3.05, 3.63) is 83.4 Å². The molecule has 1 aliphatic heterocycles. The van der Waals surface area contributed by atoms with Crippen LogP contribution in [0, 0.1) is 0 Å². The Morgan fingerprint density at radius 3 is 1.79 bits per heavy atom. The molecule has 180 valence electrons. The van der Waals surface area contributed by atoms with Gasteiger partial charge in [-0.05, 0) is 48.4 Å². The van der Waals surface area contributed by atoms with Gasteiger partial charge in [-0.25, -0.2) is 0 Å². The van der Waals surface area contributed by atoms with Crippen LogP contribution in [0.4, 0.5) is 17.1 Å². The first kappa shape index (κ1) is 24.0. The molecule has 0 saturated carbocycles. The van der Waals surface area contributed by atoms with Crippen LogP contribution in [0.15, 0.2) is 66.7 Å². The summed E-state index contributed by atoms with van der Waals surface area (Å²) in [4.78, 5) is 6.64. The second-order valence-corrected chi connectivity index (χ2v) is 9.16. The maximum atomic E-state index is 6.24. The zero-order valence-corrected chi connectivity index (χ0v) is 21.1. The maximum absolute atomic E-state index is 6.24. The lowest BCUT2D eigenvalue weighted by Crippen LogP contribution is -2.36. The van der Waals surface area contributed by atoms with Gasteiger partial charge in [0.1, 0.15) is 5.75 Å². The lowest BCUT2D eigenvalue weighted by Gasteiger charge is -2.30. The van der Waals surface area contributed by atoms with Crippen LogP contribution >= 0.6 is 0 Å². The van der Waals surface area contributed by atoms with Crippen LogP contribution in [0.25, 0.3) is 0 Å². The molecule has 0 spiro atoms. The first-order chi connectivity index (χ1) is 16.5. The smallest absolute Gasteiger partial charge is 0.125 e. The second-order valence-electron chi connectivity index (χ2n) is 9.16. The molecule has 1 saturated heterocycles. The summed E-state index contributed by atoms with van der Waals surface area (Å²) in [5.41, 5.74) is 7.28. The zero-order chi connectivity index (χ0) is 24.1. The van der Waals surface area contributed by atoms with Crippen molar-refractivity contribution >= 4 is 17.1 Å². The first-order valence-electron chi connectivity index (χ1n) is 12.1. The lowest BCUT2D eigenvalue weighted by atomic mass is 9.84. The highest BCUT2D eigenvalue weighted by atomic mass is 16.5. The third-order valence-electron chi connectivity index (χ3n) is 6.47. The summed E-state index contributed by atoms with van der Waals surface area (Å²) in [6.07, 6.45) is 0. The van der Waals surface area contributed by atoms with Crippen LogP contribution in [0.2, 0.25) is 0 Å². The largest absolute Gasteiger partial charge is 0.493 e. The fraction of sp³-hybridized carbons (Fsp3) is 0.379. The molecule has 0 radical (unpaired) electrons. The molecule has 34 heavy (non-hydrogen) atoms. The molecular formula is C29H37N3O2. The number of hydrogen-bond donors (Lipinski definition) is 0. The van der Waals surface area contributed by atoms with Crippen molar-refractivity contribution in [2.75, 3.05) is 75.8 Å². The van der Waals surface area contributed by atoms with Gasteiger partial charge in [0.2, 0.25) is 0 Å². The average molecular weight is 460 g/mol. The molecule has 0 aromatic heterocycles. The highest BCUT2D eigenvalue weighted by Crippen LogP contribution is 2.40. The molecule has 3 aromatic rings. The number of hydrogen-bond acceptors (Lipinski definition) is 5. The zero-order valence-electron chi connectivity index (χ0n) is 21.1. The Morgan fingerprint density at radius 2 is 1.32 bits per heavy atom. The van der Waals surface area contributed by atoms with Crippen molar-refractivity contribution < 1.29 is 9.47 Å². The fourth-order valence-corrected chi connectivity index (χ4v) is 4.54. The molecule has 0 bridgehead atoms. The van der Waals surface area contributed by atoms with E-state index in [4.69, 9.17) is 9.47 Å². The molecule has 5 heteroatoms. The molecule has 0 amide bonds. The van der Waals surface area contributed by atoms with E-state index in [1.54, 1.807) is 0 Å². The standard InChI is InChI=1S/C29H37N3O2/c1-6-34-28-21-26(32-17-19-33-20-18-32)15-16-27(28)29(22-7-11-24(12-8-22)30(2)3)23-9-13-25(14-10-23)31(4)5/h7-16,21,29H,6,17-20H2,1-5H3. The van der Waals surface area contributed by atoms with Gasteiger partial charge >= 0.3 is 0 Å². The minimum atomic E-state index is 0.0766. The molecule has 1 heterocycles. The van der Waals surface area contributed by atoms with Crippen molar-refractivity contribution in [2.45, 2.75) is 12.8 Å². The normalized spacial score (nSPS) is 13.8. The minimum Gasteiger partial charge on any atom is -0.493 e. The minimum absolute atomic E-state index is 0.0766. The number of benzene rings is 3. The predicted octanol–water partition coefficient (Wildman–Crippen LogP) is 5.23. The molecule has 5 nitrogen and oxygen atoms in total. The molecule has 4 rings (SSSR count). The third-order valence-corrected chi connectivity index (χ3v) is 6.47. The van der Waals surface area contributed by atoms with Crippen LogP contribution in [0.3, 0.4) is 0 Å². The van der Waals surface area contributed by atoms with Gasteiger partial charge in [-0.3, -0.25) is 0 Å². The van der Waals surface area contributed by atoms with E-state index in [9.17, 15) is 0 Å². The molecular weight excluding hydrogens is 422 g/mol. The van der Waals surface area contributed by atoms with E-state index in [1.807, 2.05) is 0 Å². The van der Waals surface area contributed by atoms with E-state index < -0.39 is 0 Å². The van der Waals surface area contributed by atoms with Crippen molar-refractivity contribution in [2.24, 2.45) is 0 Å². The predicted molar refractivity (Wildman–Crippen MR) is 143 cm³/mol. The van der Waals surface area contributed by atoms with Crippen molar-refractivity contribution in [1.29, 1.82) is 0 Å². The van der Waals surface area contributed by atoms with Crippen LogP contribution < -0.4 is 19.4 Å². The molecule has 0 atom stereocenters. The summed E-state index contributed by atoms with van der Waals surface area (Å²) >= 11 is 0. The highest BCUT2D eigenvalue weighted by Gasteiger charge is 2.23. The third kappa shape index (κ3) is 5.31. The van der Waals surface area contributed by atoms with Crippen molar-refractivity contribution in [3.8, 4) is 5.75 Å². The average Bonchev–Trinajstić information content (AvgIpc) is 2.86. The Labute approximate surface area is 204 Å². The van der Waals surface area contributed by atoms with E-state index in [-0.39, 0.29) is 5.92 Å². The Kier molecular flexibility index (Phi) is 7.63. The van der Waals surface area contributed by atoms with Gasteiger partial charge in [0, 0.05) is 75.9 Å². The van der Waals surface area contributed by atoms with Gasteiger partial charge in [-0.2, -0.15) is 0 Å². The van der Waals surface area contributed by atoms with Crippen molar-refractivity contribution in [3.63, 3.8) is 0 Å². The molecule has 1 fully saturated rings. The topological polar surface area (TPSA) is 28.2 Å². The number of anilines is 3. The van der Waals surface area contributed by atoms with Gasteiger partial charge in [-0.1, -0.05) is 30.3 Å². The van der Waals surface area contributed by atoms with E-state index in [1.165, 1.54) is 33.8 Å². The number of rotatable bonds is 8. The van der Waals surface area contributed by atoms with E-state index >= 15 is 0 Å². The molecule has 0 unspecified atom stereocenters. The van der Waals surface area contributed by atoms with Gasteiger partial charge in [0.25, 0.3) is 0 Å². The molecule has 0 aliphatic carbocycles. The van der Waals surface area contributed by atoms with Crippen molar-refractivity contribution in [1.82, 2.24) is 0 Å². The fourth-order valence-electron chi connectivity index (χ4n) is 4.54. The second kappa shape index (κ2) is 10.8. The maximum Gasteiger partial charge on any atom is 0.125 e. The number of ether oxygens (including phenoxy) is 2. The molecule has 0 N–H and O–H groups in total. The SMILES string of the molecule is CCOc1cc(N2CCOCC2)ccc1C(c1ccc(N(C)C)cc1)c1ccc(N(C)C)cc1. The Bertz CT molecular complexity index is 1000. The monoisotopic (exact) mass is 459 g/mol. The summed E-state index contributed by atoms with van der Waals surface area (Å²) in [6.45, 7) is 6.04. The summed E-state index contributed by atoms with van der Waals surface area (Å²) in [5.74, 6) is 1.03. The van der Waals surface area contributed by atoms with Crippen LogP contribution in [-0.2, 0) is 4.74 Å². The van der Waals surface area contributed by atoms with E-state index in [2.05, 4.69) is 117 Å². The Morgan fingerprint density at radius 1 is 0.794 bits per heavy atom. The van der Waals surface area contributed by atoms with Gasteiger partial charge < -0.3 is 24.2 Å². The summed E-state index contributed by atoms with van der Waals surface area (Å²) in [7, 11) is 8.29. The lowest BCUT2D eigenvalue weighted by molar-refractivity contribution is 0.122. The summed E-state index contributed by atoms with van der Waals surface area (Å²) in [5, 5.41) is 0. The van der Waals surface area contributed by atoms with E-state index in [0.717, 1.165) is 32.1 Å². The summed E-state index contributed by atoms with van der Waals surface area (Å²) in [6, 6.07) is 24.4. The quantitative estimate of drug-likeness (QED) is 0.430. The first-order valence-corrected chi connectivity index (χ1v) is 12.1. The van der Waals surface area contributed by atoms with Gasteiger partial charge in [0.05, 0.1) is 19.8 Å². The molecule has 3 aromatic carbocycles. The van der Waals surface area contributed by atoms with E-state index in [0.29, 0.717) is 6.61 Å². The van der Waals surface area contributed by atoms with Crippen LogP contribution in [0.1, 0.15) is 29.5 Å². The van der Waals surface area contributed by atoms with Crippen LogP contribution in [-0.4, -0.2) is 61.1 Å². The summed E-state index contributed by atoms with van der Waals surface area (Å²) < 4.78 is 11.8. The highest BCUT2D eigenvalue weighted by molar-refractivity contribution is 5.60. The molecule has 1 aliphatic rings. The van der Waals surface area contributed by atoms with Gasteiger partial charge in [-0.15, -0.1) is 0 Å². The Hall–Kier alpha value is -3.18.